The average molecular weight is 355 g/mol. The van der Waals surface area contributed by atoms with E-state index < -0.39 is 0 Å². The normalized spacial score (nSPS) is 17.9. The first kappa shape index (κ1) is 18.9. The van der Waals surface area contributed by atoms with Crippen molar-refractivity contribution in [2.45, 2.75) is 45.6 Å². The summed E-state index contributed by atoms with van der Waals surface area (Å²) in [4.78, 5) is 15.0. The molecule has 1 fully saturated rings. The SMILES string of the molecule is CCCc1cc(Cl)c(O)c(C(=O)NC[C@@H]2CCCN2CC)c1OC. The number of aryl methyl sites for hydroxylation is 1. The highest BCUT2D eigenvalue weighted by molar-refractivity contribution is 6.33. The number of rotatable bonds is 7. The van der Waals surface area contributed by atoms with E-state index in [0.717, 1.165) is 44.3 Å². The van der Waals surface area contributed by atoms with Crippen molar-refractivity contribution in [3.05, 3.63) is 22.2 Å². The minimum absolute atomic E-state index is 0.134. The summed E-state index contributed by atoms with van der Waals surface area (Å²) in [5.74, 6) is -0.146. The molecule has 0 saturated carbocycles. The second kappa shape index (κ2) is 8.58. The monoisotopic (exact) mass is 354 g/mol. The molecule has 1 heterocycles. The number of likely N-dealkylation sites (N-methyl/N-ethyl adjacent to an activating group) is 1. The molecular formula is C18H27ClN2O3. The molecule has 0 aliphatic carbocycles. The number of amides is 1. The summed E-state index contributed by atoms with van der Waals surface area (Å²) in [7, 11) is 1.51. The van der Waals surface area contributed by atoms with Crippen LogP contribution >= 0.6 is 11.6 Å². The van der Waals surface area contributed by atoms with E-state index in [2.05, 4.69) is 17.1 Å². The second-order valence-corrected chi connectivity index (χ2v) is 6.57. The number of methoxy groups -OCH3 is 1. The minimum Gasteiger partial charge on any atom is -0.505 e. The van der Waals surface area contributed by atoms with Crippen LogP contribution in [0.4, 0.5) is 0 Å². The molecule has 5 nitrogen and oxygen atoms in total. The Balaban J connectivity index is 2.21. The van der Waals surface area contributed by atoms with Gasteiger partial charge in [-0.05, 0) is 44.0 Å². The summed E-state index contributed by atoms with van der Waals surface area (Å²) in [5.41, 5.74) is 0.971. The number of nitrogens with one attached hydrogen (secondary N) is 1. The van der Waals surface area contributed by atoms with Gasteiger partial charge in [0.15, 0.2) is 5.75 Å². The Morgan fingerprint density at radius 1 is 1.50 bits per heavy atom. The third kappa shape index (κ3) is 3.95. The number of benzene rings is 1. The number of hydrogen-bond acceptors (Lipinski definition) is 4. The van der Waals surface area contributed by atoms with Crippen LogP contribution in [0.25, 0.3) is 0 Å². The van der Waals surface area contributed by atoms with Crippen LogP contribution in [0.3, 0.4) is 0 Å². The van der Waals surface area contributed by atoms with Crippen molar-refractivity contribution >= 4 is 17.5 Å². The van der Waals surface area contributed by atoms with Gasteiger partial charge in [0.1, 0.15) is 11.3 Å². The van der Waals surface area contributed by atoms with Gasteiger partial charge in [-0.3, -0.25) is 9.69 Å². The number of likely N-dealkylation sites (tertiary alicyclic amines) is 1. The van der Waals surface area contributed by atoms with Gasteiger partial charge in [-0.15, -0.1) is 0 Å². The van der Waals surface area contributed by atoms with Crippen molar-refractivity contribution < 1.29 is 14.6 Å². The minimum atomic E-state index is -0.341. The zero-order chi connectivity index (χ0) is 17.7. The molecular weight excluding hydrogens is 328 g/mol. The zero-order valence-corrected chi connectivity index (χ0v) is 15.4. The van der Waals surface area contributed by atoms with Gasteiger partial charge in [0.05, 0.1) is 12.1 Å². The fraction of sp³-hybridized carbons (Fsp3) is 0.611. The lowest BCUT2D eigenvalue weighted by atomic mass is 10.0. The van der Waals surface area contributed by atoms with Crippen LogP contribution in [0.1, 0.15) is 49.0 Å². The number of carbonyl (C=O) groups is 1. The summed E-state index contributed by atoms with van der Waals surface area (Å²) in [6.07, 6.45) is 3.86. The highest BCUT2D eigenvalue weighted by Gasteiger charge is 2.26. The van der Waals surface area contributed by atoms with Crippen molar-refractivity contribution in [3.8, 4) is 11.5 Å². The highest BCUT2D eigenvalue weighted by Crippen LogP contribution is 2.38. The smallest absolute Gasteiger partial charge is 0.258 e. The third-order valence-electron chi connectivity index (χ3n) is 4.64. The lowest BCUT2D eigenvalue weighted by molar-refractivity contribution is 0.0935. The first-order valence-electron chi connectivity index (χ1n) is 8.63. The van der Waals surface area contributed by atoms with Crippen LogP contribution in [0.2, 0.25) is 5.02 Å². The molecule has 24 heavy (non-hydrogen) atoms. The fourth-order valence-corrected chi connectivity index (χ4v) is 3.64. The quantitative estimate of drug-likeness (QED) is 0.789. The van der Waals surface area contributed by atoms with Crippen LogP contribution in [0.5, 0.6) is 11.5 Å². The Kier molecular flexibility index (Phi) is 6.75. The molecule has 1 amide bonds. The topological polar surface area (TPSA) is 61.8 Å². The summed E-state index contributed by atoms with van der Waals surface area (Å²) in [6.45, 7) is 6.78. The summed E-state index contributed by atoms with van der Waals surface area (Å²) < 4.78 is 5.41. The molecule has 0 spiro atoms. The van der Waals surface area contributed by atoms with Gasteiger partial charge in [0.2, 0.25) is 0 Å². The van der Waals surface area contributed by atoms with E-state index in [1.807, 2.05) is 6.92 Å². The van der Waals surface area contributed by atoms with Gasteiger partial charge in [-0.1, -0.05) is 31.9 Å². The number of phenols is 1. The van der Waals surface area contributed by atoms with Crippen molar-refractivity contribution in [2.75, 3.05) is 26.7 Å². The van der Waals surface area contributed by atoms with E-state index in [1.165, 1.54) is 7.11 Å². The summed E-state index contributed by atoms with van der Waals surface area (Å²) in [6, 6.07) is 2.02. The van der Waals surface area contributed by atoms with E-state index in [9.17, 15) is 9.90 Å². The molecule has 1 saturated heterocycles. The van der Waals surface area contributed by atoms with Crippen LogP contribution < -0.4 is 10.1 Å². The predicted molar refractivity (Wildman–Crippen MR) is 96.3 cm³/mol. The van der Waals surface area contributed by atoms with Gasteiger partial charge < -0.3 is 15.2 Å². The number of nitrogens with zero attached hydrogens (tertiary/aromatic N) is 1. The highest BCUT2D eigenvalue weighted by atomic mass is 35.5. The number of carbonyl (C=O) groups excluding carboxylic acids is 1. The van der Waals surface area contributed by atoms with E-state index in [0.29, 0.717) is 18.3 Å². The molecule has 2 rings (SSSR count). The van der Waals surface area contributed by atoms with Gasteiger partial charge in [-0.2, -0.15) is 0 Å². The number of hydrogen-bond donors (Lipinski definition) is 2. The number of ether oxygens (including phenoxy) is 1. The lowest BCUT2D eigenvalue weighted by Crippen LogP contribution is -2.40. The molecule has 1 aliphatic heterocycles. The maximum Gasteiger partial charge on any atom is 0.258 e. The molecule has 0 radical (unpaired) electrons. The van der Waals surface area contributed by atoms with Gasteiger partial charge in [0.25, 0.3) is 5.91 Å². The molecule has 6 heteroatoms. The van der Waals surface area contributed by atoms with Crippen LogP contribution in [0.15, 0.2) is 6.07 Å². The second-order valence-electron chi connectivity index (χ2n) is 6.16. The molecule has 134 valence electrons. The van der Waals surface area contributed by atoms with E-state index >= 15 is 0 Å². The summed E-state index contributed by atoms with van der Waals surface area (Å²) in [5, 5.41) is 13.4. The van der Waals surface area contributed by atoms with Crippen LogP contribution in [-0.4, -0.2) is 48.7 Å². The molecule has 1 aliphatic rings. The van der Waals surface area contributed by atoms with Gasteiger partial charge in [-0.25, -0.2) is 0 Å². The molecule has 2 N–H and O–H groups in total. The van der Waals surface area contributed by atoms with Crippen molar-refractivity contribution in [1.29, 1.82) is 0 Å². The number of aromatic hydroxyl groups is 1. The maximum atomic E-state index is 12.7. The van der Waals surface area contributed by atoms with Crippen LogP contribution in [0, 0.1) is 0 Å². The number of phenolic OH excluding ortho intramolecular Hbond substituents is 1. The molecule has 1 atom stereocenters. The van der Waals surface area contributed by atoms with Crippen molar-refractivity contribution in [1.82, 2.24) is 10.2 Å². The van der Waals surface area contributed by atoms with E-state index in [4.69, 9.17) is 16.3 Å². The largest absolute Gasteiger partial charge is 0.505 e. The summed E-state index contributed by atoms with van der Waals surface area (Å²) >= 11 is 6.11. The first-order valence-corrected chi connectivity index (χ1v) is 9.01. The van der Waals surface area contributed by atoms with Crippen molar-refractivity contribution in [2.24, 2.45) is 0 Å². The predicted octanol–water partition coefficient (Wildman–Crippen LogP) is 3.22. The molecule has 0 bridgehead atoms. The molecule has 1 aromatic rings. The van der Waals surface area contributed by atoms with Gasteiger partial charge in [0, 0.05) is 12.6 Å². The Morgan fingerprint density at radius 3 is 2.88 bits per heavy atom. The van der Waals surface area contributed by atoms with E-state index in [1.54, 1.807) is 6.07 Å². The molecule has 0 aromatic heterocycles. The third-order valence-corrected chi connectivity index (χ3v) is 4.92. The Labute approximate surface area is 148 Å². The van der Waals surface area contributed by atoms with Gasteiger partial charge >= 0.3 is 0 Å². The maximum absolute atomic E-state index is 12.7. The zero-order valence-electron chi connectivity index (χ0n) is 14.7. The van der Waals surface area contributed by atoms with Crippen molar-refractivity contribution in [3.63, 3.8) is 0 Å². The number of halogens is 1. The Hall–Kier alpha value is -1.46. The van der Waals surface area contributed by atoms with Crippen LogP contribution in [-0.2, 0) is 6.42 Å². The Bertz CT molecular complexity index is 592. The fourth-order valence-electron chi connectivity index (χ4n) is 3.41. The molecule has 1 aromatic carbocycles. The molecule has 0 unspecified atom stereocenters. The Morgan fingerprint density at radius 2 is 2.25 bits per heavy atom. The lowest BCUT2D eigenvalue weighted by Gasteiger charge is -2.23. The standard InChI is InChI=1S/C18H27ClN2O3/c1-4-7-12-10-14(19)16(22)15(17(12)24-3)18(23)20-11-13-8-6-9-21(13)5-2/h10,13,22H,4-9,11H2,1-3H3,(H,20,23)/t13-/m0/s1. The first-order chi connectivity index (χ1) is 11.5. The van der Waals surface area contributed by atoms with E-state index in [-0.39, 0.29) is 22.2 Å². The average Bonchev–Trinajstić information content (AvgIpc) is 3.03.